The average molecular weight is 973 g/mol. The first kappa shape index (κ1) is 46.3. The fraction of sp³-hybridized carbons (Fsp3) is 0.0769. The Hall–Kier alpha value is -9.80. The van der Waals surface area contributed by atoms with Gasteiger partial charge in [0, 0.05) is 67.9 Å². The van der Waals surface area contributed by atoms with Gasteiger partial charge in [0.2, 0.25) is 17.9 Å². The highest BCUT2D eigenvalue weighted by Crippen LogP contribution is 2.38. The largest absolute Gasteiger partial charge is 0.311 e. The van der Waals surface area contributed by atoms with Crippen molar-refractivity contribution < 1.29 is 0 Å². The smallest absolute Gasteiger partial charge is 0.243 e. The van der Waals surface area contributed by atoms with Crippen LogP contribution in [0.5, 0.6) is 0 Å². The van der Waals surface area contributed by atoms with Gasteiger partial charge in [-0.05, 0) is 180 Å². The molecule has 0 aliphatic carbocycles. The molecule has 3 aliphatic heterocycles. The van der Waals surface area contributed by atoms with Crippen molar-refractivity contribution in [2.24, 2.45) is 30.0 Å². The van der Waals surface area contributed by atoms with E-state index >= 15 is 0 Å². The number of aliphatic imine (C=N–C) groups is 6. The van der Waals surface area contributed by atoms with Gasteiger partial charge < -0.3 is 14.7 Å². The van der Waals surface area contributed by atoms with E-state index < -0.39 is 0 Å². The van der Waals surface area contributed by atoms with Gasteiger partial charge in [0.1, 0.15) is 0 Å². The topological polar surface area (TPSA) is 87.1 Å². The monoisotopic (exact) mass is 972 g/mol. The molecule has 12 rings (SSSR count). The number of nitrogens with zero attached hydrogens (tertiary/aromatic N) is 10. The number of para-hydroxylation sites is 1. The second-order valence-corrected chi connectivity index (χ2v) is 19.0. The van der Waals surface area contributed by atoms with Crippen LogP contribution in [0, 0.1) is 34.6 Å². The van der Waals surface area contributed by atoms with Gasteiger partial charge >= 0.3 is 0 Å². The van der Waals surface area contributed by atoms with Crippen LogP contribution in [0.3, 0.4) is 0 Å². The molecule has 0 radical (unpaired) electrons. The van der Waals surface area contributed by atoms with E-state index in [4.69, 9.17) is 30.0 Å². The van der Waals surface area contributed by atoms with Crippen molar-refractivity contribution in [3.63, 3.8) is 0 Å². The molecular formula is C65H52N10. The Morgan fingerprint density at radius 3 is 0.653 bits per heavy atom. The van der Waals surface area contributed by atoms with Gasteiger partial charge in [-0.2, -0.15) is 30.0 Å². The average Bonchev–Trinajstić information content (AvgIpc) is 3.44. The third kappa shape index (κ3) is 9.44. The summed E-state index contributed by atoms with van der Waals surface area (Å²) >= 11 is 0. The fourth-order valence-corrected chi connectivity index (χ4v) is 9.34. The Kier molecular flexibility index (Phi) is 12.1. The number of anilines is 9. The standard InChI is InChI=1S/C65H52N10/c1-43-11-27-52(28-12-43)72(51-9-7-6-8-10-51)57-37-21-48(22-38-57)60-66-63-68-61(49-23-39-58(40-24-49)73(53-29-13-44(2)14-30-53)54-31-15-45(3)16-32-54)70-65-71-62(69-64(67-60)75(63)65)50-25-41-59(42-26-50)74(55-33-17-46(4)18-34-55)56-35-19-47(5)20-36-56/h6-42H,1-5H3. The maximum absolute atomic E-state index is 5.12. The zero-order valence-electron chi connectivity index (χ0n) is 42.3. The van der Waals surface area contributed by atoms with Crippen LogP contribution >= 0.6 is 0 Å². The van der Waals surface area contributed by atoms with Crippen LogP contribution in [-0.4, -0.2) is 40.3 Å². The summed E-state index contributed by atoms with van der Waals surface area (Å²) in [6.45, 7) is 10.5. The van der Waals surface area contributed by atoms with Crippen molar-refractivity contribution in [3.8, 4) is 0 Å². The normalized spacial score (nSPS) is 13.6. The summed E-state index contributed by atoms with van der Waals surface area (Å²) < 4.78 is 0. The highest BCUT2D eigenvalue weighted by atomic mass is 15.5. The number of guanidine groups is 3. The molecule has 9 aromatic carbocycles. The first-order valence-corrected chi connectivity index (χ1v) is 25.1. The van der Waals surface area contributed by atoms with E-state index in [1.807, 2.05) is 6.07 Å². The molecule has 0 amide bonds. The van der Waals surface area contributed by atoms with E-state index in [0.29, 0.717) is 35.4 Å². The van der Waals surface area contributed by atoms with E-state index in [1.165, 1.54) is 27.8 Å². The number of aryl methyl sites for hydroxylation is 5. The Balaban J connectivity index is 0.936. The predicted molar refractivity (Wildman–Crippen MR) is 311 cm³/mol. The molecule has 10 heteroatoms. The van der Waals surface area contributed by atoms with Crippen LogP contribution in [0.2, 0.25) is 0 Å². The number of amidine groups is 3. The van der Waals surface area contributed by atoms with E-state index in [9.17, 15) is 0 Å². The predicted octanol–water partition coefficient (Wildman–Crippen LogP) is 15.7. The van der Waals surface area contributed by atoms with Crippen LogP contribution < -0.4 is 14.7 Å². The highest BCUT2D eigenvalue weighted by molar-refractivity contribution is 6.34. The van der Waals surface area contributed by atoms with Gasteiger partial charge in [0.25, 0.3) is 0 Å². The summed E-state index contributed by atoms with van der Waals surface area (Å²) in [6, 6.07) is 78.3. The lowest BCUT2D eigenvalue weighted by molar-refractivity contribution is 0.828. The molecule has 75 heavy (non-hydrogen) atoms. The van der Waals surface area contributed by atoms with Crippen molar-refractivity contribution in [3.05, 3.63) is 269 Å². The van der Waals surface area contributed by atoms with Gasteiger partial charge in [-0.25, -0.2) is 4.90 Å². The maximum Gasteiger partial charge on any atom is 0.243 e. The molecule has 0 spiro atoms. The molecule has 0 aromatic heterocycles. The van der Waals surface area contributed by atoms with Crippen molar-refractivity contribution >= 4 is 86.6 Å². The third-order valence-corrected chi connectivity index (χ3v) is 13.5. The second kappa shape index (κ2) is 19.7. The molecule has 0 bridgehead atoms. The maximum atomic E-state index is 5.12. The van der Waals surface area contributed by atoms with Gasteiger partial charge in [0.15, 0.2) is 17.5 Å². The summed E-state index contributed by atoms with van der Waals surface area (Å²) in [5.41, 5.74) is 17.8. The van der Waals surface area contributed by atoms with Gasteiger partial charge in [0.05, 0.1) is 0 Å². The summed E-state index contributed by atoms with van der Waals surface area (Å²) in [7, 11) is 0. The van der Waals surface area contributed by atoms with E-state index in [-0.39, 0.29) is 0 Å². The van der Waals surface area contributed by atoms with Crippen molar-refractivity contribution in [1.82, 2.24) is 4.90 Å². The first-order chi connectivity index (χ1) is 36.7. The van der Waals surface area contributed by atoms with E-state index in [2.05, 4.69) is 268 Å². The lowest BCUT2D eigenvalue weighted by Gasteiger charge is -2.31. The number of rotatable bonds is 12. The van der Waals surface area contributed by atoms with Crippen molar-refractivity contribution in [2.75, 3.05) is 14.7 Å². The first-order valence-electron chi connectivity index (χ1n) is 25.1. The van der Waals surface area contributed by atoms with Crippen LogP contribution in [0.25, 0.3) is 0 Å². The number of hydrogen-bond acceptors (Lipinski definition) is 10. The number of benzene rings is 9. The van der Waals surface area contributed by atoms with Crippen LogP contribution in [0.1, 0.15) is 44.5 Å². The molecule has 0 unspecified atom stereocenters. The van der Waals surface area contributed by atoms with Crippen LogP contribution in [-0.2, 0) is 0 Å². The molecule has 0 atom stereocenters. The minimum atomic E-state index is 0.378. The van der Waals surface area contributed by atoms with Crippen molar-refractivity contribution in [1.29, 1.82) is 0 Å². The minimum Gasteiger partial charge on any atom is -0.311 e. The van der Waals surface area contributed by atoms with E-state index in [0.717, 1.165) is 67.9 Å². The Morgan fingerprint density at radius 1 is 0.227 bits per heavy atom. The highest BCUT2D eigenvalue weighted by Gasteiger charge is 2.36. The summed E-state index contributed by atoms with van der Waals surface area (Å²) in [6.07, 6.45) is 0. The zero-order valence-corrected chi connectivity index (χ0v) is 42.3. The molecule has 3 heterocycles. The van der Waals surface area contributed by atoms with Gasteiger partial charge in [-0.1, -0.05) is 107 Å². The lowest BCUT2D eigenvalue weighted by atomic mass is 10.1. The molecule has 0 N–H and O–H groups in total. The second-order valence-electron chi connectivity index (χ2n) is 19.0. The van der Waals surface area contributed by atoms with Gasteiger partial charge in [-0.3, -0.25) is 0 Å². The summed E-state index contributed by atoms with van der Waals surface area (Å²) in [5.74, 6) is 2.56. The lowest BCUT2D eigenvalue weighted by Crippen LogP contribution is -2.48. The fourth-order valence-electron chi connectivity index (χ4n) is 9.34. The molecule has 362 valence electrons. The zero-order chi connectivity index (χ0) is 51.0. The quantitative estimate of drug-likeness (QED) is 0.122. The minimum absolute atomic E-state index is 0.378. The molecule has 0 fully saturated rings. The Morgan fingerprint density at radius 2 is 0.427 bits per heavy atom. The molecule has 3 aliphatic rings. The van der Waals surface area contributed by atoms with E-state index in [1.54, 1.807) is 4.90 Å². The van der Waals surface area contributed by atoms with Crippen LogP contribution in [0.4, 0.5) is 51.2 Å². The third-order valence-electron chi connectivity index (χ3n) is 13.5. The molecule has 9 aromatic rings. The molecule has 10 nitrogen and oxygen atoms in total. The molecular weight excluding hydrogens is 921 g/mol. The molecule has 0 saturated heterocycles. The Labute approximate surface area is 437 Å². The molecule has 0 saturated carbocycles. The van der Waals surface area contributed by atoms with Gasteiger partial charge in [-0.15, -0.1) is 0 Å². The number of hydrogen-bond donors (Lipinski definition) is 0. The Bertz CT molecular complexity index is 3520. The summed E-state index contributed by atoms with van der Waals surface area (Å²) in [4.78, 5) is 39.2. The van der Waals surface area contributed by atoms with Crippen LogP contribution in [0.15, 0.2) is 254 Å². The SMILES string of the molecule is Cc1ccc(N(c2ccccc2)c2ccc(C3=NC4=NC(c5ccc(N(c6ccc(C)cc6)c6ccc(C)cc6)cc5)=NC5=NC(c6ccc(N(c7ccc(C)cc7)c7ccc(C)cc7)cc6)=NC(=N3)N45)cc2)cc1. The summed E-state index contributed by atoms with van der Waals surface area (Å²) in [5, 5.41) is 0. The van der Waals surface area contributed by atoms with Crippen molar-refractivity contribution in [2.45, 2.75) is 34.6 Å².